The fourth-order valence-corrected chi connectivity index (χ4v) is 2.42. The van der Waals surface area contributed by atoms with Gasteiger partial charge in [-0.3, -0.25) is 9.59 Å². The van der Waals surface area contributed by atoms with Crippen LogP contribution in [0.2, 0.25) is 0 Å². The van der Waals surface area contributed by atoms with Crippen molar-refractivity contribution >= 4 is 17.6 Å². The van der Waals surface area contributed by atoms with Gasteiger partial charge in [0.15, 0.2) is 0 Å². The molecule has 1 atom stereocenters. The number of hydrogen-bond donors (Lipinski definition) is 2. The zero-order chi connectivity index (χ0) is 14.5. The Morgan fingerprint density at radius 1 is 1.45 bits per heavy atom. The maximum atomic E-state index is 11.8. The van der Waals surface area contributed by atoms with Gasteiger partial charge in [-0.1, -0.05) is 24.3 Å². The number of para-hydroxylation sites is 1. The summed E-state index contributed by atoms with van der Waals surface area (Å²) in [4.78, 5) is 24.9. The number of benzene rings is 1. The van der Waals surface area contributed by atoms with Crippen molar-refractivity contribution in [3.8, 4) is 0 Å². The van der Waals surface area contributed by atoms with Crippen LogP contribution in [-0.4, -0.2) is 36.6 Å². The van der Waals surface area contributed by atoms with E-state index in [0.29, 0.717) is 19.5 Å². The molecular formula is C15H18N2O3. The molecule has 1 amide bonds. The maximum absolute atomic E-state index is 11.8. The predicted molar refractivity (Wildman–Crippen MR) is 76.7 cm³/mol. The highest BCUT2D eigenvalue weighted by Crippen LogP contribution is 2.29. The first-order valence-corrected chi connectivity index (χ1v) is 6.55. The Hall–Kier alpha value is -2.30. The van der Waals surface area contributed by atoms with E-state index in [-0.39, 0.29) is 12.5 Å². The van der Waals surface area contributed by atoms with Gasteiger partial charge in [0.1, 0.15) is 0 Å². The number of carbonyl (C=O) groups excluding carboxylic acids is 1. The van der Waals surface area contributed by atoms with Gasteiger partial charge in [-0.05, 0) is 18.1 Å². The number of rotatable bonds is 5. The minimum Gasteiger partial charge on any atom is -0.481 e. The van der Waals surface area contributed by atoms with Gasteiger partial charge in [0.25, 0.3) is 0 Å². The molecule has 2 rings (SSSR count). The Bertz CT molecular complexity index is 528. The molecular weight excluding hydrogens is 256 g/mol. The zero-order valence-corrected chi connectivity index (χ0v) is 11.2. The number of carbonyl (C=O) groups is 2. The summed E-state index contributed by atoms with van der Waals surface area (Å²) < 4.78 is 0. The van der Waals surface area contributed by atoms with Crippen molar-refractivity contribution in [3.63, 3.8) is 0 Å². The highest BCUT2D eigenvalue weighted by molar-refractivity contribution is 5.83. The summed E-state index contributed by atoms with van der Waals surface area (Å²) >= 11 is 0. The van der Waals surface area contributed by atoms with Crippen LogP contribution in [0.15, 0.2) is 36.9 Å². The molecule has 1 unspecified atom stereocenters. The second-order valence-electron chi connectivity index (χ2n) is 4.84. The molecule has 0 saturated carbocycles. The molecule has 5 nitrogen and oxygen atoms in total. The SMILES string of the molecule is C=CCNC(=O)CN1CC(C(=O)O)Cc2ccccc21. The standard InChI is InChI=1S/C15H18N2O3/c1-2-7-16-14(18)10-17-9-12(15(19)20)8-11-5-3-4-6-13(11)17/h2-6,12H,1,7-10H2,(H,16,18)(H,19,20). The minimum atomic E-state index is -0.823. The van der Waals surface area contributed by atoms with Crippen molar-refractivity contribution in [2.75, 3.05) is 24.5 Å². The van der Waals surface area contributed by atoms with Crippen molar-refractivity contribution < 1.29 is 14.7 Å². The molecule has 5 heteroatoms. The zero-order valence-electron chi connectivity index (χ0n) is 11.2. The Labute approximate surface area is 117 Å². The van der Waals surface area contributed by atoms with Crippen LogP contribution in [0.5, 0.6) is 0 Å². The van der Waals surface area contributed by atoms with Gasteiger partial charge in [-0.15, -0.1) is 6.58 Å². The van der Waals surface area contributed by atoms with Crippen LogP contribution in [-0.2, 0) is 16.0 Å². The average molecular weight is 274 g/mol. The molecule has 0 fully saturated rings. The third-order valence-corrected chi connectivity index (χ3v) is 3.37. The molecule has 20 heavy (non-hydrogen) atoms. The number of amides is 1. The molecule has 0 radical (unpaired) electrons. The van der Waals surface area contributed by atoms with E-state index in [2.05, 4.69) is 11.9 Å². The molecule has 1 aliphatic rings. The van der Waals surface area contributed by atoms with E-state index in [1.807, 2.05) is 29.2 Å². The number of carboxylic acid groups (broad SMARTS) is 1. The number of nitrogens with one attached hydrogen (secondary N) is 1. The molecule has 1 heterocycles. The van der Waals surface area contributed by atoms with E-state index in [4.69, 9.17) is 0 Å². The number of fused-ring (bicyclic) bond motifs is 1. The summed E-state index contributed by atoms with van der Waals surface area (Å²) in [5.41, 5.74) is 1.92. The molecule has 1 aromatic carbocycles. The highest BCUT2D eigenvalue weighted by atomic mass is 16.4. The average Bonchev–Trinajstić information content (AvgIpc) is 2.44. The van der Waals surface area contributed by atoms with Crippen molar-refractivity contribution in [2.45, 2.75) is 6.42 Å². The monoisotopic (exact) mass is 274 g/mol. The molecule has 0 saturated heterocycles. The summed E-state index contributed by atoms with van der Waals surface area (Å²) in [6.07, 6.45) is 2.12. The van der Waals surface area contributed by atoms with E-state index in [1.165, 1.54) is 0 Å². The molecule has 0 bridgehead atoms. The van der Waals surface area contributed by atoms with Crippen LogP contribution in [0.4, 0.5) is 5.69 Å². The van der Waals surface area contributed by atoms with Crippen LogP contribution >= 0.6 is 0 Å². The smallest absolute Gasteiger partial charge is 0.308 e. The van der Waals surface area contributed by atoms with Crippen LogP contribution in [0.1, 0.15) is 5.56 Å². The van der Waals surface area contributed by atoms with Crippen molar-refractivity contribution in [2.24, 2.45) is 5.92 Å². The van der Waals surface area contributed by atoms with E-state index < -0.39 is 11.9 Å². The third kappa shape index (κ3) is 3.17. The summed E-state index contributed by atoms with van der Waals surface area (Å²) in [7, 11) is 0. The first kappa shape index (κ1) is 14.1. The van der Waals surface area contributed by atoms with Crippen LogP contribution in [0.25, 0.3) is 0 Å². The van der Waals surface area contributed by atoms with Gasteiger partial charge in [-0.2, -0.15) is 0 Å². The first-order valence-electron chi connectivity index (χ1n) is 6.55. The van der Waals surface area contributed by atoms with E-state index in [9.17, 15) is 14.7 Å². The topological polar surface area (TPSA) is 69.6 Å². The number of aliphatic carboxylic acids is 1. The second-order valence-corrected chi connectivity index (χ2v) is 4.84. The maximum Gasteiger partial charge on any atom is 0.308 e. The van der Waals surface area contributed by atoms with Crippen molar-refractivity contribution in [1.29, 1.82) is 0 Å². The Morgan fingerprint density at radius 3 is 2.90 bits per heavy atom. The lowest BCUT2D eigenvalue weighted by Crippen LogP contribution is -2.44. The van der Waals surface area contributed by atoms with E-state index in [0.717, 1.165) is 11.3 Å². The van der Waals surface area contributed by atoms with Crippen LogP contribution < -0.4 is 10.2 Å². The minimum absolute atomic E-state index is 0.134. The normalized spacial score (nSPS) is 17.2. The lowest BCUT2D eigenvalue weighted by Gasteiger charge is -2.34. The molecule has 106 valence electrons. The number of nitrogens with zero attached hydrogens (tertiary/aromatic N) is 1. The van der Waals surface area contributed by atoms with Crippen LogP contribution in [0.3, 0.4) is 0 Å². The quantitative estimate of drug-likeness (QED) is 0.788. The van der Waals surface area contributed by atoms with E-state index in [1.54, 1.807) is 6.08 Å². The number of carboxylic acids is 1. The largest absolute Gasteiger partial charge is 0.481 e. The first-order chi connectivity index (χ1) is 9.61. The van der Waals surface area contributed by atoms with Gasteiger partial charge >= 0.3 is 5.97 Å². The summed E-state index contributed by atoms with van der Waals surface area (Å²) in [6, 6.07) is 7.63. The third-order valence-electron chi connectivity index (χ3n) is 3.37. The van der Waals surface area contributed by atoms with Crippen LogP contribution in [0, 0.1) is 5.92 Å². The Balaban J connectivity index is 2.16. The van der Waals surface area contributed by atoms with Gasteiger partial charge in [0.05, 0.1) is 12.5 Å². The summed E-state index contributed by atoms with van der Waals surface area (Å²) in [6.45, 7) is 4.47. The van der Waals surface area contributed by atoms with Gasteiger partial charge in [0, 0.05) is 18.8 Å². The lowest BCUT2D eigenvalue weighted by molar-refractivity contribution is -0.141. The van der Waals surface area contributed by atoms with Crippen molar-refractivity contribution in [1.82, 2.24) is 5.32 Å². The molecule has 2 N–H and O–H groups in total. The summed E-state index contributed by atoms with van der Waals surface area (Å²) in [5.74, 6) is -1.43. The fraction of sp³-hybridized carbons (Fsp3) is 0.333. The fourth-order valence-electron chi connectivity index (χ4n) is 2.42. The number of anilines is 1. The Morgan fingerprint density at radius 2 is 2.20 bits per heavy atom. The lowest BCUT2D eigenvalue weighted by atomic mass is 9.92. The predicted octanol–water partition coefficient (Wildman–Crippen LogP) is 1.05. The number of hydrogen-bond acceptors (Lipinski definition) is 3. The van der Waals surface area contributed by atoms with Gasteiger partial charge in [-0.25, -0.2) is 0 Å². The van der Waals surface area contributed by atoms with Crippen molar-refractivity contribution in [3.05, 3.63) is 42.5 Å². The van der Waals surface area contributed by atoms with Gasteiger partial charge < -0.3 is 15.3 Å². The molecule has 0 aliphatic carbocycles. The molecule has 0 spiro atoms. The summed E-state index contributed by atoms with van der Waals surface area (Å²) in [5, 5.41) is 11.9. The highest BCUT2D eigenvalue weighted by Gasteiger charge is 2.29. The van der Waals surface area contributed by atoms with E-state index >= 15 is 0 Å². The van der Waals surface area contributed by atoms with Gasteiger partial charge in [0.2, 0.25) is 5.91 Å². The molecule has 0 aromatic heterocycles. The molecule has 1 aromatic rings. The molecule has 1 aliphatic heterocycles. The second kappa shape index (κ2) is 6.23. The Kier molecular flexibility index (Phi) is 4.40.